The first-order valence-electron chi connectivity index (χ1n) is 7.51. The molecule has 0 radical (unpaired) electrons. The van der Waals surface area contributed by atoms with Crippen LogP contribution in [0.3, 0.4) is 0 Å². The van der Waals surface area contributed by atoms with Crippen molar-refractivity contribution < 1.29 is 18.3 Å². The van der Waals surface area contributed by atoms with E-state index in [9.17, 15) is 14.0 Å². The standard InChI is InChI=1S/C19H14BrFO4/c1-10-5-15-12(7-18(22)25-17(15)6-11(10)2)9-24-19(23)14-4-3-13(20)8-16(14)21/h3-8H,9H2,1-2H3. The highest BCUT2D eigenvalue weighted by Crippen LogP contribution is 2.23. The molecule has 0 spiro atoms. The molecule has 25 heavy (non-hydrogen) atoms. The summed E-state index contributed by atoms with van der Waals surface area (Å²) in [4.78, 5) is 23.8. The normalized spacial score (nSPS) is 10.9. The second-order valence-corrected chi connectivity index (χ2v) is 6.64. The van der Waals surface area contributed by atoms with Crippen LogP contribution >= 0.6 is 15.9 Å². The molecule has 0 aliphatic rings. The van der Waals surface area contributed by atoms with E-state index in [1.165, 1.54) is 18.2 Å². The molecule has 3 rings (SSSR count). The van der Waals surface area contributed by atoms with E-state index in [0.717, 1.165) is 11.1 Å². The highest BCUT2D eigenvalue weighted by Gasteiger charge is 2.15. The third-order valence-corrected chi connectivity index (χ3v) is 4.45. The molecule has 0 amide bonds. The highest BCUT2D eigenvalue weighted by molar-refractivity contribution is 9.10. The van der Waals surface area contributed by atoms with Crippen molar-refractivity contribution in [1.29, 1.82) is 0 Å². The van der Waals surface area contributed by atoms with Crippen molar-refractivity contribution in [2.24, 2.45) is 0 Å². The van der Waals surface area contributed by atoms with E-state index < -0.39 is 17.4 Å². The SMILES string of the molecule is Cc1cc2oc(=O)cc(COC(=O)c3ccc(Br)cc3F)c2cc1C. The van der Waals surface area contributed by atoms with E-state index in [1.54, 1.807) is 12.1 Å². The number of benzene rings is 2. The fourth-order valence-corrected chi connectivity index (χ4v) is 2.81. The molecule has 128 valence electrons. The molecule has 6 heteroatoms. The Morgan fingerprint density at radius 1 is 1.16 bits per heavy atom. The first-order chi connectivity index (χ1) is 11.8. The van der Waals surface area contributed by atoms with Crippen LogP contribution in [0.2, 0.25) is 0 Å². The Balaban J connectivity index is 1.91. The van der Waals surface area contributed by atoms with Crippen molar-refractivity contribution in [3.8, 4) is 0 Å². The van der Waals surface area contributed by atoms with Crippen molar-refractivity contribution in [3.63, 3.8) is 0 Å². The second-order valence-electron chi connectivity index (χ2n) is 5.72. The zero-order chi connectivity index (χ0) is 18.1. The quantitative estimate of drug-likeness (QED) is 0.470. The van der Waals surface area contributed by atoms with E-state index in [1.807, 2.05) is 19.9 Å². The first-order valence-corrected chi connectivity index (χ1v) is 8.30. The molecule has 0 saturated carbocycles. The zero-order valence-corrected chi connectivity index (χ0v) is 15.1. The number of hydrogen-bond acceptors (Lipinski definition) is 4. The van der Waals surface area contributed by atoms with Crippen LogP contribution in [0.25, 0.3) is 11.0 Å². The molecule has 2 aromatic carbocycles. The highest BCUT2D eigenvalue weighted by atomic mass is 79.9. The molecule has 0 aliphatic carbocycles. The minimum absolute atomic E-state index is 0.154. The number of halogens is 2. The lowest BCUT2D eigenvalue weighted by Crippen LogP contribution is -2.09. The minimum atomic E-state index is -0.796. The third-order valence-electron chi connectivity index (χ3n) is 3.95. The summed E-state index contributed by atoms with van der Waals surface area (Å²) in [7, 11) is 0. The summed E-state index contributed by atoms with van der Waals surface area (Å²) in [6, 6.07) is 9.01. The third kappa shape index (κ3) is 3.64. The van der Waals surface area contributed by atoms with E-state index in [0.29, 0.717) is 21.0 Å². The van der Waals surface area contributed by atoms with Crippen LogP contribution in [-0.2, 0) is 11.3 Å². The van der Waals surface area contributed by atoms with Crippen LogP contribution in [0.4, 0.5) is 4.39 Å². The average molecular weight is 405 g/mol. The topological polar surface area (TPSA) is 56.5 Å². The fourth-order valence-electron chi connectivity index (χ4n) is 2.48. The van der Waals surface area contributed by atoms with Crippen LogP contribution in [0, 0.1) is 19.7 Å². The van der Waals surface area contributed by atoms with Crippen molar-refractivity contribution in [2.75, 3.05) is 0 Å². The fraction of sp³-hybridized carbons (Fsp3) is 0.158. The number of carbonyl (C=O) groups excluding carboxylic acids is 1. The van der Waals surface area contributed by atoms with Crippen molar-refractivity contribution in [3.05, 3.63) is 79.4 Å². The molecule has 1 heterocycles. The van der Waals surface area contributed by atoms with Crippen LogP contribution in [0.5, 0.6) is 0 Å². The van der Waals surface area contributed by atoms with E-state index in [-0.39, 0.29) is 12.2 Å². The average Bonchev–Trinajstić information content (AvgIpc) is 2.54. The van der Waals surface area contributed by atoms with Crippen LogP contribution in [0.15, 0.2) is 50.1 Å². The van der Waals surface area contributed by atoms with Gasteiger partial charge in [-0.25, -0.2) is 14.0 Å². The lowest BCUT2D eigenvalue weighted by molar-refractivity contribution is 0.0468. The van der Waals surface area contributed by atoms with Gasteiger partial charge in [-0.15, -0.1) is 0 Å². The Bertz CT molecular complexity index is 1040. The van der Waals surface area contributed by atoms with Gasteiger partial charge >= 0.3 is 11.6 Å². The number of ether oxygens (including phenoxy) is 1. The molecule has 4 nitrogen and oxygen atoms in total. The van der Waals surface area contributed by atoms with Gasteiger partial charge in [-0.1, -0.05) is 15.9 Å². The smallest absolute Gasteiger partial charge is 0.341 e. The van der Waals surface area contributed by atoms with Crippen molar-refractivity contribution in [2.45, 2.75) is 20.5 Å². The number of aryl methyl sites for hydroxylation is 2. The molecule has 0 fully saturated rings. The van der Waals surface area contributed by atoms with Gasteiger partial charge in [0.05, 0.1) is 5.56 Å². The van der Waals surface area contributed by atoms with E-state index >= 15 is 0 Å². The van der Waals surface area contributed by atoms with Gasteiger partial charge in [0.25, 0.3) is 0 Å². The predicted molar refractivity (Wildman–Crippen MR) is 95.2 cm³/mol. The lowest BCUT2D eigenvalue weighted by atomic mass is 10.0. The Kier molecular flexibility index (Phi) is 4.72. The summed E-state index contributed by atoms with van der Waals surface area (Å²) < 4.78 is 24.8. The van der Waals surface area contributed by atoms with Gasteiger partial charge < -0.3 is 9.15 Å². The van der Waals surface area contributed by atoms with Crippen LogP contribution in [0.1, 0.15) is 27.0 Å². The number of hydrogen-bond donors (Lipinski definition) is 0. The maximum absolute atomic E-state index is 13.8. The van der Waals surface area contributed by atoms with Gasteiger partial charge in [0.15, 0.2) is 0 Å². The van der Waals surface area contributed by atoms with Gasteiger partial charge in [0.1, 0.15) is 18.0 Å². The summed E-state index contributed by atoms with van der Waals surface area (Å²) in [5, 5.41) is 0.687. The maximum atomic E-state index is 13.8. The molecule has 0 saturated heterocycles. The van der Waals surface area contributed by atoms with Gasteiger partial charge in [-0.2, -0.15) is 0 Å². The summed E-state index contributed by atoms with van der Waals surface area (Å²) in [6.07, 6.45) is 0. The summed E-state index contributed by atoms with van der Waals surface area (Å²) in [5.74, 6) is -1.47. The zero-order valence-electron chi connectivity index (χ0n) is 13.6. The number of rotatable bonds is 3. The van der Waals surface area contributed by atoms with Gasteiger partial charge in [0.2, 0.25) is 0 Å². The molecule has 0 unspecified atom stereocenters. The summed E-state index contributed by atoms with van der Waals surface area (Å²) in [5.41, 5.74) is 2.26. The number of esters is 1. The molecule has 0 atom stereocenters. The maximum Gasteiger partial charge on any atom is 0.341 e. The monoisotopic (exact) mass is 404 g/mol. The molecule has 1 aromatic heterocycles. The molecular formula is C19H14BrFO4. The van der Waals surface area contributed by atoms with Crippen molar-refractivity contribution >= 4 is 32.9 Å². The lowest BCUT2D eigenvalue weighted by Gasteiger charge is -2.09. The van der Waals surface area contributed by atoms with Crippen LogP contribution in [-0.4, -0.2) is 5.97 Å². The van der Waals surface area contributed by atoms with Gasteiger partial charge in [0, 0.05) is 21.5 Å². The molecule has 0 bridgehead atoms. The first kappa shape index (κ1) is 17.4. The van der Waals surface area contributed by atoms with Crippen molar-refractivity contribution in [1.82, 2.24) is 0 Å². The molecule has 0 aliphatic heterocycles. The predicted octanol–water partition coefficient (Wildman–Crippen LogP) is 4.67. The number of fused-ring (bicyclic) bond motifs is 1. The Morgan fingerprint density at radius 2 is 1.88 bits per heavy atom. The Hall–Kier alpha value is -2.47. The van der Waals surface area contributed by atoms with E-state index in [4.69, 9.17) is 9.15 Å². The summed E-state index contributed by atoms with van der Waals surface area (Å²) >= 11 is 3.13. The minimum Gasteiger partial charge on any atom is -0.457 e. The number of carbonyl (C=O) groups is 1. The Morgan fingerprint density at radius 3 is 2.60 bits per heavy atom. The summed E-state index contributed by atoms with van der Waals surface area (Å²) in [6.45, 7) is 3.70. The largest absolute Gasteiger partial charge is 0.457 e. The van der Waals surface area contributed by atoms with E-state index in [2.05, 4.69) is 15.9 Å². The second kappa shape index (κ2) is 6.80. The van der Waals surface area contributed by atoms with Gasteiger partial charge in [-0.3, -0.25) is 0 Å². The van der Waals surface area contributed by atoms with Gasteiger partial charge in [-0.05, 0) is 55.3 Å². The van der Waals surface area contributed by atoms with Crippen LogP contribution < -0.4 is 5.63 Å². The molecule has 3 aromatic rings. The molecular weight excluding hydrogens is 391 g/mol. The Labute approximate surface area is 151 Å². The molecule has 0 N–H and O–H groups in total.